The number of aromatic nitrogens is 1. The maximum Gasteiger partial charge on any atom is 0.248 e. The molecule has 4 N–H and O–H groups in total. The smallest absolute Gasteiger partial charge is 0.248 e. The van der Waals surface area contributed by atoms with Crippen LogP contribution >= 0.6 is 0 Å². The van der Waals surface area contributed by atoms with E-state index in [1.165, 1.54) is 0 Å². The molecule has 148 valence electrons. The molecule has 0 aliphatic carbocycles. The number of methoxy groups -OCH3 is 1. The first-order chi connectivity index (χ1) is 14.1. The van der Waals surface area contributed by atoms with Crippen molar-refractivity contribution >= 4 is 28.2 Å². The normalized spacial score (nSPS) is 11.3. The lowest BCUT2D eigenvalue weighted by Crippen LogP contribution is -2.10. The Morgan fingerprint density at radius 3 is 2.66 bits per heavy atom. The van der Waals surface area contributed by atoms with Crippen molar-refractivity contribution < 1.29 is 14.3 Å². The fraction of sp³-hybridized carbons (Fsp3) is 0.143. The molecule has 1 aromatic heterocycles. The maximum absolute atomic E-state index is 11.1. The largest absolute Gasteiger partial charge is 0.491 e. The number of anilines is 1. The quantitative estimate of drug-likeness (QED) is 0.378. The van der Waals surface area contributed by atoms with Gasteiger partial charge in [-0.3, -0.25) is 4.79 Å². The van der Waals surface area contributed by atoms with E-state index in [4.69, 9.17) is 20.7 Å². The third-order valence-electron chi connectivity index (χ3n) is 4.14. The van der Waals surface area contributed by atoms with Gasteiger partial charge < -0.3 is 20.5 Å². The molecule has 0 bridgehead atoms. The number of rotatable bonds is 9. The summed E-state index contributed by atoms with van der Waals surface area (Å²) in [5.74, 6) is 0.257. The maximum atomic E-state index is 11.1. The lowest BCUT2D eigenvalue weighted by molar-refractivity contribution is 0.100. The van der Waals surface area contributed by atoms with Gasteiger partial charge in [-0.2, -0.15) is 5.11 Å². The molecule has 3 aromatic rings. The molecule has 8 heteroatoms. The molecule has 8 nitrogen and oxygen atoms in total. The molecule has 3 rings (SSSR count). The van der Waals surface area contributed by atoms with Crippen LogP contribution in [0.5, 0.6) is 5.75 Å². The van der Waals surface area contributed by atoms with Crippen LogP contribution in [0.3, 0.4) is 0 Å². The van der Waals surface area contributed by atoms with E-state index in [2.05, 4.69) is 15.4 Å². The second-order valence-electron chi connectivity index (χ2n) is 6.12. The van der Waals surface area contributed by atoms with Crippen molar-refractivity contribution in [1.82, 2.24) is 4.98 Å². The van der Waals surface area contributed by atoms with Crippen LogP contribution in [-0.4, -0.2) is 31.2 Å². The van der Waals surface area contributed by atoms with E-state index >= 15 is 0 Å². The van der Waals surface area contributed by atoms with E-state index in [1.54, 1.807) is 43.6 Å². The topological polar surface area (TPSA) is 123 Å². The highest BCUT2D eigenvalue weighted by atomic mass is 16.5. The fourth-order valence-corrected chi connectivity index (χ4v) is 2.62. The number of carbonyl (C=O) groups excluding carboxylic acids is 1. The first kappa shape index (κ1) is 20.0. The Morgan fingerprint density at radius 2 is 1.97 bits per heavy atom. The van der Waals surface area contributed by atoms with Crippen LogP contribution in [0, 0.1) is 5.53 Å². The monoisotopic (exact) mass is 391 g/mol. The van der Waals surface area contributed by atoms with Crippen LogP contribution in [0.2, 0.25) is 0 Å². The Hall–Kier alpha value is -3.78. The highest BCUT2D eigenvalue weighted by Gasteiger charge is 2.06. The first-order valence-corrected chi connectivity index (χ1v) is 8.87. The number of amides is 1. The summed E-state index contributed by atoms with van der Waals surface area (Å²) in [7, 11) is 1.63. The standard InChI is InChI=1S/C21H21N5O3/c1-28-10-11-29-17-7-9-18-15(12-17)4-8-19(25-18)20(26-23)13-24-16-5-2-14(3-6-16)21(22)27/h2-9,12-13,23-24H,10-11H2,1H3,(H2,22,27)/b20-13-,26-23?. The average Bonchev–Trinajstić information content (AvgIpc) is 2.74. The van der Waals surface area contributed by atoms with E-state index in [1.807, 2.05) is 24.3 Å². The zero-order valence-electron chi connectivity index (χ0n) is 15.9. The number of hydrogen-bond acceptors (Lipinski definition) is 7. The molecule has 0 saturated heterocycles. The van der Waals surface area contributed by atoms with Gasteiger partial charge in [-0.1, -0.05) is 6.07 Å². The first-order valence-electron chi connectivity index (χ1n) is 8.87. The van der Waals surface area contributed by atoms with E-state index in [-0.39, 0.29) is 0 Å². The molecule has 0 spiro atoms. The van der Waals surface area contributed by atoms with Crippen molar-refractivity contribution in [2.75, 3.05) is 25.6 Å². The molecule has 0 aliphatic heterocycles. The Balaban J connectivity index is 1.77. The summed E-state index contributed by atoms with van der Waals surface area (Å²) in [5.41, 5.74) is 15.6. The molecular weight excluding hydrogens is 370 g/mol. The van der Waals surface area contributed by atoms with Crippen LogP contribution in [-0.2, 0) is 4.74 Å². The predicted octanol–water partition coefficient (Wildman–Crippen LogP) is 3.80. The van der Waals surface area contributed by atoms with E-state index in [0.29, 0.717) is 30.2 Å². The highest BCUT2D eigenvalue weighted by molar-refractivity contribution is 5.93. The van der Waals surface area contributed by atoms with E-state index < -0.39 is 5.91 Å². The molecule has 0 radical (unpaired) electrons. The van der Waals surface area contributed by atoms with Crippen LogP contribution in [0.25, 0.3) is 16.6 Å². The SMILES string of the molecule is COCCOc1ccc2nc(/C(=C/Nc3ccc(C(N)=O)cc3)N=N)ccc2c1. The minimum Gasteiger partial charge on any atom is -0.491 e. The fourth-order valence-electron chi connectivity index (χ4n) is 2.62. The molecule has 0 unspecified atom stereocenters. The van der Waals surface area contributed by atoms with Gasteiger partial charge in [0.2, 0.25) is 5.91 Å². The number of pyridine rings is 1. The van der Waals surface area contributed by atoms with Crippen LogP contribution in [0.1, 0.15) is 16.1 Å². The zero-order valence-corrected chi connectivity index (χ0v) is 15.9. The number of nitrogens with zero attached hydrogens (tertiary/aromatic N) is 2. The number of carbonyl (C=O) groups is 1. The third kappa shape index (κ3) is 5.14. The van der Waals surface area contributed by atoms with Crippen LogP contribution < -0.4 is 15.8 Å². The van der Waals surface area contributed by atoms with Crippen LogP contribution in [0.15, 0.2) is 65.9 Å². The summed E-state index contributed by atoms with van der Waals surface area (Å²) in [6.07, 6.45) is 1.59. The molecule has 0 aliphatic rings. The predicted molar refractivity (Wildman–Crippen MR) is 111 cm³/mol. The van der Waals surface area contributed by atoms with E-state index in [9.17, 15) is 4.79 Å². The number of ether oxygens (including phenoxy) is 2. The summed E-state index contributed by atoms with van der Waals surface area (Å²) in [5, 5.41) is 7.53. The van der Waals surface area contributed by atoms with Crippen molar-refractivity contribution in [3.05, 3.63) is 72.1 Å². The Bertz CT molecular complexity index is 1050. The van der Waals surface area contributed by atoms with Gasteiger partial charge in [-0.15, -0.1) is 0 Å². The van der Waals surface area contributed by atoms with Gasteiger partial charge in [0, 0.05) is 29.9 Å². The summed E-state index contributed by atoms with van der Waals surface area (Å²) in [6, 6.07) is 16.0. The lowest BCUT2D eigenvalue weighted by Gasteiger charge is -2.08. The summed E-state index contributed by atoms with van der Waals surface area (Å²) < 4.78 is 10.6. The van der Waals surface area contributed by atoms with Crippen molar-refractivity contribution in [1.29, 1.82) is 5.53 Å². The zero-order chi connectivity index (χ0) is 20.6. The molecule has 0 fully saturated rings. The average molecular weight is 391 g/mol. The molecule has 1 heterocycles. The summed E-state index contributed by atoms with van der Waals surface area (Å²) in [4.78, 5) is 15.7. The third-order valence-corrected chi connectivity index (χ3v) is 4.14. The Kier molecular flexibility index (Phi) is 6.49. The number of fused-ring (bicyclic) bond motifs is 1. The number of benzene rings is 2. The highest BCUT2D eigenvalue weighted by Crippen LogP contribution is 2.23. The second kappa shape index (κ2) is 9.43. The minimum atomic E-state index is -0.485. The van der Waals surface area contributed by atoms with Gasteiger partial charge >= 0.3 is 0 Å². The van der Waals surface area contributed by atoms with Gasteiger partial charge in [0.05, 0.1) is 17.8 Å². The molecule has 1 amide bonds. The van der Waals surface area contributed by atoms with Gasteiger partial charge in [-0.05, 0) is 48.5 Å². The summed E-state index contributed by atoms with van der Waals surface area (Å²) in [6.45, 7) is 0.997. The van der Waals surface area contributed by atoms with Crippen molar-refractivity contribution in [3.8, 4) is 5.75 Å². The van der Waals surface area contributed by atoms with Crippen molar-refractivity contribution in [2.24, 2.45) is 10.8 Å². The van der Waals surface area contributed by atoms with Gasteiger partial charge in [0.15, 0.2) is 0 Å². The number of nitrogens with one attached hydrogen (secondary N) is 2. The van der Waals surface area contributed by atoms with Crippen LogP contribution in [0.4, 0.5) is 5.69 Å². The van der Waals surface area contributed by atoms with Gasteiger partial charge in [0.25, 0.3) is 0 Å². The lowest BCUT2D eigenvalue weighted by atomic mass is 10.1. The second-order valence-corrected chi connectivity index (χ2v) is 6.12. The van der Waals surface area contributed by atoms with Gasteiger partial charge in [-0.25, -0.2) is 10.5 Å². The Labute approximate surface area is 167 Å². The molecule has 0 atom stereocenters. The molecule has 0 saturated carbocycles. The number of hydrogen-bond donors (Lipinski definition) is 3. The van der Waals surface area contributed by atoms with Crippen molar-refractivity contribution in [2.45, 2.75) is 0 Å². The molecule has 2 aromatic carbocycles. The van der Waals surface area contributed by atoms with E-state index in [0.717, 1.165) is 22.3 Å². The number of nitrogens with two attached hydrogens (primary N) is 1. The Morgan fingerprint density at radius 1 is 1.17 bits per heavy atom. The molecule has 29 heavy (non-hydrogen) atoms. The summed E-state index contributed by atoms with van der Waals surface area (Å²) >= 11 is 0. The van der Waals surface area contributed by atoms with Crippen molar-refractivity contribution in [3.63, 3.8) is 0 Å². The minimum absolute atomic E-state index is 0.367. The van der Waals surface area contributed by atoms with Gasteiger partial charge in [0.1, 0.15) is 18.1 Å². The number of primary amides is 1. The molecular formula is C21H21N5O3.